The largest absolute Gasteiger partial charge is 0.459 e. The van der Waals surface area contributed by atoms with Crippen LogP contribution in [0.25, 0.3) is 5.65 Å². The lowest BCUT2D eigenvalue weighted by Gasteiger charge is -2.15. The first-order valence-corrected chi connectivity index (χ1v) is 12.0. The first kappa shape index (κ1) is 24.5. The van der Waals surface area contributed by atoms with Crippen LogP contribution in [0.5, 0.6) is 0 Å². The Morgan fingerprint density at radius 3 is 2.71 bits per heavy atom. The van der Waals surface area contributed by atoms with Crippen molar-refractivity contribution in [1.29, 1.82) is 0 Å². The van der Waals surface area contributed by atoms with Crippen molar-refractivity contribution in [1.82, 2.24) is 14.6 Å². The van der Waals surface area contributed by atoms with Crippen LogP contribution in [0.4, 0.5) is 18.2 Å². The SMILES string of the molecule is CCC(C)OC(=O)c1c(NC(=O)c2nn3c(C(F)(F)F)cc(C)nc3c2Cl)sc2c1CCCC2. The van der Waals surface area contributed by atoms with Gasteiger partial charge in [0.2, 0.25) is 0 Å². The van der Waals surface area contributed by atoms with Crippen molar-refractivity contribution in [2.24, 2.45) is 0 Å². The van der Waals surface area contributed by atoms with Crippen LogP contribution in [0.2, 0.25) is 5.02 Å². The fraction of sp³-hybridized carbons (Fsp3) is 0.455. The van der Waals surface area contributed by atoms with Gasteiger partial charge in [0.15, 0.2) is 11.3 Å². The number of ether oxygens (including phenoxy) is 1. The summed E-state index contributed by atoms with van der Waals surface area (Å²) in [6, 6.07) is 0.828. The molecule has 182 valence electrons. The van der Waals surface area contributed by atoms with E-state index in [1.165, 1.54) is 18.3 Å². The van der Waals surface area contributed by atoms with E-state index in [0.717, 1.165) is 35.8 Å². The van der Waals surface area contributed by atoms with Crippen LogP contribution in [-0.4, -0.2) is 32.6 Å². The number of aryl methyl sites for hydroxylation is 2. The Morgan fingerprint density at radius 1 is 1.32 bits per heavy atom. The number of nitrogens with one attached hydrogen (secondary N) is 1. The molecule has 1 aliphatic carbocycles. The molecule has 12 heteroatoms. The number of alkyl halides is 3. The van der Waals surface area contributed by atoms with Gasteiger partial charge in [-0.3, -0.25) is 4.79 Å². The maximum absolute atomic E-state index is 13.5. The van der Waals surface area contributed by atoms with Gasteiger partial charge in [-0.15, -0.1) is 11.3 Å². The molecule has 0 aromatic carbocycles. The number of carbonyl (C=O) groups is 2. The molecule has 0 radical (unpaired) electrons. The summed E-state index contributed by atoms with van der Waals surface area (Å²) in [7, 11) is 0. The lowest BCUT2D eigenvalue weighted by Crippen LogP contribution is -2.19. The van der Waals surface area contributed by atoms with Crippen LogP contribution in [0.1, 0.15) is 75.8 Å². The van der Waals surface area contributed by atoms with E-state index in [-0.39, 0.29) is 33.0 Å². The van der Waals surface area contributed by atoms with Gasteiger partial charge in [0.05, 0.1) is 11.7 Å². The molecule has 0 aliphatic heterocycles. The summed E-state index contributed by atoms with van der Waals surface area (Å²) in [5.74, 6) is -1.38. The van der Waals surface area contributed by atoms with Crippen LogP contribution in [0.3, 0.4) is 0 Å². The Hall–Kier alpha value is -2.66. The van der Waals surface area contributed by atoms with E-state index in [9.17, 15) is 22.8 Å². The van der Waals surface area contributed by atoms with Gasteiger partial charge >= 0.3 is 12.1 Å². The molecule has 1 unspecified atom stereocenters. The van der Waals surface area contributed by atoms with Gasteiger partial charge in [-0.05, 0) is 57.6 Å². The second-order valence-corrected chi connectivity index (χ2v) is 9.65. The monoisotopic (exact) mass is 514 g/mol. The summed E-state index contributed by atoms with van der Waals surface area (Å²) in [6.07, 6.45) is -1.08. The fourth-order valence-electron chi connectivity index (χ4n) is 3.82. The van der Waals surface area contributed by atoms with Crippen molar-refractivity contribution in [2.75, 3.05) is 5.32 Å². The van der Waals surface area contributed by atoms with Gasteiger partial charge in [-0.2, -0.15) is 18.3 Å². The zero-order valence-electron chi connectivity index (χ0n) is 18.7. The quantitative estimate of drug-likeness (QED) is 0.431. The van der Waals surface area contributed by atoms with Crippen molar-refractivity contribution in [2.45, 2.75) is 65.2 Å². The summed E-state index contributed by atoms with van der Waals surface area (Å²) in [6.45, 7) is 5.06. The summed E-state index contributed by atoms with van der Waals surface area (Å²) in [5.41, 5.74) is -0.579. The third-order valence-electron chi connectivity index (χ3n) is 5.65. The average molecular weight is 515 g/mol. The molecule has 3 aromatic heterocycles. The predicted octanol–water partition coefficient (Wildman–Crippen LogP) is 5.86. The number of fused-ring (bicyclic) bond motifs is 2. The van der Waals surface area contributed by atoms with Crippen LogP contribution >= 0.6 is 22.9 Å². The Labute approximate surface area is 202 Å². The minimum Gasteiger partial charge on any atom is -0.459 e. The molecule has 0 bridgehead atoms. The minimum atomic E-state index is -4.73. The van der Waals surface area contributed by atoms with E-state index in [1.54, 1.807) is 6.92 Å². The number of halogens is 4. The average Bonchev–Trinajstić information content (AvgIpc) is 3.29. The molecular weight excluding hydrogens is 493 g/mol. The molecule has 1 N–H and O–H groups in total. The predicted molar refractivity (Wildman–Crippen MR) is 122 cm³/mol. The number of aromatic nitrogens is 3. The van der Waals surface area contributed by atoms with E-state index in [1.807, 2.05) is 6.92 Å². The summed E-state index contributed by atoms with van der Waals surface area (Å²) in [5, 5.41) is 6.42. The molecule has 0 saturated heterocycles. The first-order chi connectivity index (χ1) is 16.0. The number of carbonyl (C=O) groups excluding carboxylic acids is 2. The topological polar surface area (TPSA) is 85.6 Å². The van der Waals surface area contributed by atoms with Gasteiger partial charge in [-0.1, -0.05) is 18.5 Å². The molecule has 3 heterocycles. The van der Waals surface area contributed by atoms with Crippen LogP contribution in [0, 0.1) is 6.92 Å². The molecule has 0 fully saturated rings. The zero-order valence-corrected chi connectivity index (χ0v) is 20.2. The highest BCUT2D eigenvalue weighted by atomic mass is 35.5. The van der Waals surface area contributed by atoms with Gasteiger partial charge in [-0.25, -0.2) is 14.3 Å². The number of rotatable bonds is 5. The number of thiophene rings is 1. The molecule has 3 aromatic rings. The molecule has 1 aliphatic rings. The lowest BCUT2D eigenvalue weighted by atomic mass is 9.95. The normalized spacial score (nSPS) is 14.7. The number of esters is 1. The van der Waals surface area contributed by atoms with Crippen molar-refractivity contribution in [3.05, 3.63) is 44.2 Å². The van der Waals surface area contributed by atoms with Crippen molar-refractivity contribution in [3.8, 4) is 0 Å². The minimum absolute atomic E-state index is 0.0783. The highest BCUT2D eigenvalue weighted by molar-refractivity contribution is 7.17. The number of hydrogen-bond donors (Lipinski definition) is 1. The standard InChI is InChI=1S/C22H22ClF3N4O3S/c1-4-11(3)33-21(32)15-12-7-5-6-8-13(12)34-20(15)28-19(31)17-16(23)18-27-10(2)9-14(22(24,25)26)30(18)29-17/h9,11H,4-8H2,1-3H3,(H,28,31). The zero-order chi connectivity index (χ0) is 24.8. The highest BCUT2D eigenvalue weighted by Crippen LogP contribution is 2.39. The fourth-order valence-corrected chi connectivity index (χ4v) is 5.34. The summed E-state index contributed by atoms with van der Waals surface area (Å²) in [4.78, 5) is 31.0. The van der Waals surface area contributed by atoms with Gasteiger partial charge in [0.1, 0.15) is 15.7 Å². The lowest BCUT2D eigenvalue weighted by molar-refractivity contribution is -0.142. The number of amides is 1. The van der Waals surface area contributed by atoms with E-state index >= 15 is 0 Å². The van der Waals surface area contributed by atoms with E-state index < -0.39 is 29.4 Å². The maximum Gasteiger partial charge on any atom is 0.433 e. The number of anilines is 1. The van der Waals surface area contributed by atoms with Crippen LogP contribution < -0.4 is 5.32 Å². The maximum atomic E-state index is 13.5. The van der Waals surface area contributed by atoms with E-state index in [4.69, 9.17) is 16.3 Å². The van der Waals surface area contributed by atoms with Gasteiger partial charge in [0, 0.05) is 10.6 Å². The van der Waals surface area contributed by atoms with Gasteiger partial charge in [0.25, 0.3) is 5.91 Å². The number of nitrogens with zero attached hydrogens (tertiary/aromatic N) is 3. The smallest absolute Gasteiger partial charge is 0.433 e. The third-order valence-corrected chi connectivity index (χ3v) is 7.21. The van der Waals surface area contributed by atoms with E-state index in [2.05, 4.69) is 15.4 Å². The molecule has 4 rings (SSSR count). The van der Waals surface area contributed by atoms with Crippen molar-refractivity contribution in [3.63, 3.8) is 0 Å². The molecule has 0 spiro atoms. The van der Waals surface area contributed by atoms with Gasteiger partial charge < -0.3 is 10.1 Å². The third kappa shape index (κ3) is 4.50. The molecule has 7 nitrogen and oxygen atoms in total. The molecule has 0 saturated carbocycles. The molecular formula is C22H22ClF3N4O3S. The Balaban J connectivity index is 1.74. The van der Waals surface area contributed by atoms with Crippen LogP contribution in [-0.2, 0) is 23.8 Å². The van der Waals surface area contributed by atoms with Crippen LogP contribution in [0.15, 0.2) is 6.07 Å². The Bertz CT molecular complexity index is 1280. The van der Waals surface area contributed by atoms with Crippen molar-refractivity contribution >= 4 is 45.5 Å². The Kier molecular flexibility index (Phi) is 6.61. The summed E-state index contributed by atoms with van der Waals surface area (Å²) < 4.78 is 46.6. The highest BCUT2D eigenvalue weighted by Gasteiger charge is 2.36. The second kappa shape index (κ2) is 9.18. The molecule has 34 heavy (non-hydrogen) atoms. The molecule has 1 amide bonds. The first-order valence-electron chi connectivity index (χ1n) is 10.8. The molecule has 1 atom stereocenters. The van der Waals surface area contributed by atoms with Crippen molar-refractivity contribution < 1.29 is 27.5 Å². The Morgan fingerprint density at radius 2 is 2.03 bits per heavy atom. The second-order valence-electron chi connectivity index (χ2n) is 8.17. The summed E-state index contributed by atoms with van der Waals surface area (Å²) >= 11 is 7.51. The number of hydrogen-bond acceptors (Lipinski definition) is 6. The van der Waals surface area contributed by atoms with E-state index in [0.29, 0.717) is 17.4 Å².